The third kappa shape index (κ3) is 6.07. The molecule has 1 aromatic rings. The van der Waals surface area contributed by atoms with E-state index in [1.54, 1.807) is 0 Å². The Morgan fingerprint density at radius 3 is 2.20 bits per heavy atom. The van der Waals surface area contributed by atoms with E-state index in [2.05, 4.69) is 0 Å². The lowest BCUT2D eigenvalue weighted by atomic mass is 10.0. The lowest BCUT2D eigenvalue weighted by molar-refractivity contribution is -0.137. The van der Waals surface area contributed by atoms with E-state index in [1.807, 2.05) is 6.07 Å². The van der Waals surface area contributed by atoms with Gasteiger partial charge in [0.25, 0.3) is 0 Å². The van der Waals surface area contributed by atoms with Gasteiger partial charge >= 0.3 is 6.18 Å². The molecule has 0 aromatic heterocycles. The maximum Gasteiger partial charge on any atom is 0.416 e. The molecule has 0 aliphatic heterocycles. The third-order valence-electron chi connectivity index (χ3n) is 3.18. The van der Waals surface area contributed by atoms with Crippen LogP contribution < -0.4 is 5.73 Å². The summed E-state index contributed by atoms with van der Waals surface area (Å²) < 4.78 is 37.1. The Morgan fingerprint density at radius 1 is 1.05 bits per heavy atom. The van der Waals surface area contributed by atoms with E-state index in [0.29, 0.717) is 6.42 Å². The molecule has 0 bridgehead atoms. The summed E-state index contributed by atoms with van der Waals surface area (Å²) in [5.74, 6) is 0. The van der Waals surface area contributed by atoms with E-state index in [-0.39, 0.29) is 6.04 Å². The number of rotatable bonds is 7. The summed E-state index contributed by atoms with van der Waals surface area (Å²) in [6, 6.07) is 6.93. The van der Waals surface area contributed by atoms with Gasteiger partial charge < -0.3 is 5.73 Å². The molecule has 110 valence electrons. The maximum atomic E-state index is 12.4. The standard InChI is InChI=1S/C15H19F3N2/c16-15(17,18)13-9-7-12(8-10-13)5-3-1-2-4-6-14(20)11-19/h7-10,14H,1-6,20H2. The van der Waals surface area contributed by atoms with Gasteiger partial charge in [-0.1, -0.05) is 31.4 Å². The molecule has 0 amide bonds. The molecule has 0 saturated carbocycles. The van der Waals surface area contributed by atoms with E-state index >= 15 is 0 Å². The van der Waals surface area contributed by atoms with Crippen molar-refractivity contribution in [1.29, 1.82) is 5.26 Å². The maximum absolute atomic E-state index is 12.4. The Bertz CT molecular complexity index is 432. The summed E-state index contributed by atoms with van der Waals surface area (Å²) in [4.78, 5) is 0. The number of aryl methyl sites for hydroxylation is 1. The number of nitrogens with two attached hydrogens (primary N) is 1. The van der Waals surface area contributed by atoms with Gasteiger partial charge in [0.05, 0.1) is 17.7 Å². The van der Waals surface area contributed by atoms with Gasteiger partial charge in [-0.25, -0.2) is 0 Å². The van der Waals surface area contributed by atoms with Crippen molar-refractivity contribution >= 4 is 0 Å². The van der Waals surface area contributed by atoms with Crippen LogP contribution in [-0.4, -0.2) is 6.04 Å². The molecule has 0 spiro atoms. The summed E-state index contributed by atoms with van der Waals surface area (Å²) in [7, 11) is 0. The van der Waals surface area contributed by atoms with Gasteiger partial charge in [-0.05, 0) is 37.0 Å². The van der Waals surface area contributed by atoms with E-state index in [0.717, 1.165) is 49.8 Å². The van der Waals surface area contributed by atoms with Gasteiger partial charge in [-0.3, -0.25) is 0 Å². The molecule has 5 heteroatoms. The number of nitrogens with zero attached hydrogens (tertiary/aromatic N) is 1. The van der Waals surface area contributed by atoms with E-state index < -0.39 is 11.7 Å². The summed E-state index contributed by atoms with van der Waals surface area (Å²) in [6.45, 7) is 0. The van der Waals surface area contributed by atoms with Crippen LogP contribution in [0.25, 0.3) is 0 Å². The molecule has 1 rings (SSSR count). The Hall–Kier alpha value is -1.54. The van der Waals surface area contributed by atoms with Crippen molar-refractivity contribution in [2.75, 3.05) is 0 Å². The fourth-order valence-electron chi connectivity index (χ4n) is 1.97. The molecular weight excluding hydrogens is 265 g/mol. The van der Waals surface area contributed by atoms with Crippen LogP contribution in [0, 0.1) is 11.3 Å². The van der Waals surface area contributed by atoms with Crippen LogP contribution in [0.5, 0.6) is 0 Å². The van der Waals surface area contributed by atoms with Crippen molar-refractivity contribution in [3.8, 4) is 6.07 Å². The second-order valence-corrected chi connectivity index (χ2v) is 4.88. The number of hydrogen-bond acceptors (Lipinski definition) is 2. The quantitative estimate of drug-likeness (QED) is 0.768. The van der Waals surface area contributed by atoms with Crippen LogP contribution >= 0.6 is 0 Å². The molecule has 2 N–H and O–H groups in total. The second-order valence-electron chi connectivity index (χ2n) is 4.88. The molecule has 1 atom stereocenters. The molecule has 2 nitrogen and oxygen atoms in total. The Morgan fingerprint density at radius 2 is 1.65 bits per heavy atom. The van der Waals surface area contributed by atoms with Crippen molar-refractivity contribution in [1.82, 2.24) is 0 Å². The molecule has 1 aromatic carbocycles. The smallest absolute Gasteiger partial charge is 0.316 e. The van der Waals surface area contributed by atoms with Crippen LogP contribution in [-0.2, 0) is 12.6 Å². The van der Waals surface area contributed by atoms with Gasteiger partial charge in [0.1, 0.15) is 0 Å². The van der Waals surface area contributed by atoms with Gasteiger partial charge in [-0.15, -0.1) is 0 Å². The predicted molar refractivity (Wildman–Crippen MR) is 71.8 cm³/mol. The Labute approximate surface area is 117 Å². The van der Waals surface area contributed by atoms with E-state index in [9.17, 15) is 13.2 Å². The summed E-state index contributed by atoms with van der Waals surface area (Å²) in [6.07, 6.45) is 1.07. The summed E-state index contributed by atoms with van der Waals surface area (Å²) >= 11 is 0. The van der Waals surface area contributed by atoms with Crippen LogP contribution in [0.3, 0.4) is 0 Å². The Balaban J connectivity index is 2.21. The first kappa shape index (κ1) is 16.5. The zero-order valence-corrected chi connectivity index (χ0v) is 11.3. The van der Waals surface area contributed by atoms with Crippen LogP contribution in [0.15, 0.2) is 24.3 Å². The minimum Gasteiger partial charge on any atom is -0.316 e. The minimum atomic E-state index is -4.27. The van der Waals surface area contributed by atoms with Crippen molar-refractivity contribution in [2.24, 2.45) is 5.73 Å². The first-order chi connectivity index (χ1) is 9.43. The zero-order chi connectivity index (χ0) is 15.0. The highest BCUT2D eigenvalue weighted by Crippen LogP contribution is 2.29. The summed E-state index contributed by atoms with van der Waals surface area (Å²) in [5, 5.41) is 8.51. The molecule has 0 heterocycles. The van der Waals surface area contributed by atoms with Crippen molar-refractivity contribution in [3.63, 3.8) is 0 Å². The number of halogens is 3. The lowest BCUT2D eigenvalue weighted by Gasteiger charge is -2.07. The lowest BCUT2D eigenvalue weighted by Crippen LogP contribution is -2.16. The van der Waals surface area contributed by atoms with Gasteiger partial charge in [0.15, 0.2) is 0 Å². The SMILES string of the molecule is N#CC(N)CCCCCCc1ccc(C(F)(F)F)cc1. The molecule has 0 radical (unpaired) electrons. The average Bonchev–Trinajstić information content (AvgIpc) is 2.41. The van der Waals surface area contributed by atoms with Gasteiger partial charge in [-0.2, -0.15) is 18.4 Å². The topological polar surface area (TPSA) is 49.8 Å². The van der Waals surface area contributed by atoms with Crippen molar-refractivity contribution in [3.05, 3.63) is 35.4 Å². The largest absolute Gasteiger partial charge is 0.416 e. The first-order valence-corrected chi connectivity index (χ1v) is 6.75. The molecule has 0 fully saturated rings. The number of nitriles is 1. The zero-order valence-electron chi connectivity index (χ0n) is 11.3. The van der Waals surface area contributed by atoms with Gasteiger partial charge in [0, 0.05) is 0 Å². The highest BCUT2D eigenvalue weighted by molar-refractivity contribution is 5.24. The summed E-state index contributed by atoms with van der Waals surface area (Å²) in [5.41, 5.74) is 5.79. The number of unbranched alkanes of at least 4 members (excludes halogenated alkanes) is 3. The molecule has 0 aliphatic rings. The molecular formula is C15H19F3N2. The molecule has 0 aliphatic carbocycles. The van der Waals surface area contributed by atoms with Gasteiger partial charge in [0.2, 0.25) is 0 Å². The average molecular weight is 284 g/mol. The van der Waals surface area contributed by atoms with E-state index in [4.69, 9.17) is 11.0 Å². The number of alkyl halides is 3. The Kier molecular flexibility index (Phi) is 6.53. The molecule has 20 heavy (non-hydrogen) atoms. The van der Waals surface area contributed by atoms with E-state index in [1.165, 1.54) is 12.1 Å². The molecule has 1 unspecified atom stereocenters. The fourth-order valence-corrected chi connectivity index (χ4v) is 1.97. The van der Waals surface area contributed by atoms with Crippen LogP contribution in [0.1, 0.15) is 43.2 Å². The third-order valence-corrected chi connectivity index (χ3v) is 3.18. The minimum absolute atomic E-state index is 0.384. The monoisotopic (exact) mass is 284 g/mol. The highest BCUT2D eigenvalue weighted by Gasteiger charge is 2.29. The second kappa shape index (κ2) is 7.91. The first-order valence-electron chi connectivity index (χ1n) is 6.75. The van der Waals surface area contributed by atoms with Crippen molar-refractivity contribution in [2.45, 2.75) is 50.7 Å². The predicted octanol–water partition coefficient (Wildman–Crippen LogP) is 4.05. The normalized spacial score (nSPS) is 12.9. The van der Waals surface area contributed by atoms with Crippen LogP contribution in [0.4, 0.5) is 13.2 Å². The highest BCUT2D eigenvalue weighted by atomic mass is 19.4. The molecule has 0 saturated heterocycles. The fraction of sp³-hybridized carbons (Fsp3) is 0.533. The van der Waals surface area contributed by atoms with Crippen LogP contribution in [0.2, 0.25) is 0 Å². The number of hydrogen-bond donors (Lipinski definition) is 1. The number of benzene rings is 1. The van der Waals surface area contributed by atoms with Crippen molar-refractivity contribution < 1.29 is 13.2 Å².